The number of rotatable bonds is 3. The van der Waals surface area contributed by atoms with E-state index >= 15 is 0 Å². The molecule has 2 aliphatic heterocycles. The van der Waals surface area contributed by atoms with Crippen molar-refractivity contribution in [2.45, 2.75) is 23.3 Å². The first-order valence-corrected chi connectivity index (χ1v) is 10.4. The molecule has 2 amide bonds. The first-order valence-electron chi connectivity index (χ1n) is 9.23. The number of fused-ring (bicyclic) bond motifs is 1. The van der Waals surface area contributed by atoms with Crippen molar-refractivity contribution >= 4 is 46.0 Å². The lowest BCUT2D eigenvalue weighted by Crippen LogP contribution is -2.53. The van der Waals surface area contributed by atoms with Gasteiger partial charge in [0.25, 0.3) is 5.91 Å². The lowest BCUT2D eigenvalue weighted by atomic mass is 9.85. The number of amidine groups is 1. The number of carbonyl (C=O) groups excluding carboxylic acids is 2. The van der Waals surface area contributed by atoms with E-state index in [1.807, 2.05) is 0 Å². The summed E-state index contributed by atoms with van der Waals surface area (Å²) in [4.78, 5) is 35.2. The van der Waals surface area contributed by atoms with Gasteiger partial charge in [0.15, 0.2) is 5.17 Å². The maximum Gasteiger partial charge on any atom is 0.274 e. The molecule has 3 aliphatic rings. The van der Waals surface area contributed by atoms with Crippen LogP contribution >= 0.6 is 23.4 Å². The number of amides is 2. The third-order valence-corrected chi connectivity index (χ3v) is 7.66. The van der Waals surface area contributed by atoms with E-state index in [2.05, 4.69) is 15.3 Å². The van der Waals surface area contributed by atoms with Crippen molar-refractivity contribution in [2.24, 2.45) is 16.6 Å². The normalized spacial score (nSPS) is 31.3. The molecule has 1 aromatic heterocycles. The van der Waals surface area contributed by atoms with Crippen LogP contribution in [0.2, 0.25) is 5.02 Å². The molecule has 1 aromatic carbocycles. The second-order valence-electron chi connectivity index (χ2n) is 7.84. The molecule has 3 heterocycles. The quantitative estimate of drug-likeness (QED) is 0.707. The van der Waals surface area contributed by atoms with Gasteiger partial charge in [-0.1, -0.05) is 23.4 Å². The molecular formula is C20H17ClFN5O2S. The van der Waals surface area contributed by atoms with Crippen LogP contribution in [0.1, 0.15) is 23.0 Å². The van der Waals surface area contributed by atoms with E-state index in [1.54, 1.807) is 31.0 Å². The summed E-state index contributed by atoms with van der Waals surface area (Å²) in [5, 5.41) is 3.40. The molecule has 0 radical (unpaired) electrons. The number of pyridine rings is 1. The molecule has 154 valence electrons. The summed E-state index contributed by atoms with van der Waals surface area (Å²) >= 11 is 7.07. The molecule has 0 bridgehead atoms. The minimum Gasteiger partial charge on any atom is -0.378 e. The summed E-state index contributed by atoms with van der Waals surface area (Å²) in [5.74, 6) is -1.13. The highest BCUT2D eigenvalue weighted by Crippen LogP contribution is 2.73. The summed E-state index contributed by atoms with van der Waals surface area (Å²) in [5.41, 5.74) is 5.87. The molecule has 5 rings (SSSR count). The van der Waals surface area contributed by atoms with Gasteiger partial charge >= 0.3 is 0 Å². The number of carbonyl (C=O) groups is 2. The number of thioether (sulfide) groups is 1. The largest absolute Gasteiger partial charge is 0.378 e. The Labute approximate surface area is 180 Å². The number of hydrogen-bond donors (Lipinski definition) is 2. The zero-order valence-electron chi connectivity index (χ0n) is 16.0. The Balaban J connectivity index is 1.49. The van der Waals surface area contributed by atoms with Gasteiger partial charge in [-0.05, 0) is 37.3 Å². The number of β-lactam (4-membered cyclic amide) rings is 1. The highest BCUT2D eigenvalue weighted by atomic mass is 35.5. The first-order chi connectivity index (χ1) is 14.2. The van der Waals surface area contributed by atoms with Gasteiger partial charge in [-0.25, -0.2) is 9.37 Å². The van der Waals surface area contributed by atoms with Gasteiger partial charge in [0, 0.05) is 30.4 Å². The molecule has 1 aliphatic carbocycles. The monoisotopic (exact) mass is 445 g/mol. The van der Waals surface area contributed by atoms with Crippen molar-refractivity contribution in [1.29, 1.82) is 0 Å². The highest BCUT2D eigenvalue weighted by molar-refractivity contribution is 8.16. The average molecular weight is 446 g/mol. The lowest BCUT2D eigenvalue weighted by molar-refractivity contribution is -0.136. The molecule has 10 heteroatoms. The van der Waals surface area contributed by atoms with E-state index in [9.17, 15) is 14.0 Å². The second kappa shape index (κ2) is 6.18. The van der Waals surface area contributed by atoms with Crippen molar-refractivity contribution in [3.63, 3.8) is 0 Å². The number of likely N-dealkylation sites (tertiary alicyclic amines) is 1. The van der Waals surface area contributed by atoms with Crippen LogP contribution in [0.3, 0.4) is 0 Å². The summed E-state index contributed by atoms with van der Waals surface area (Å²) < 4.78 is 14.3. The molecule has 1 unspecified atom stereocenters. The van der Waals surface area contributed by atoms with Crippen LogP contribution in [0.4, 0.5) is 10.1 Å². The third-order valence-electron chi connectivity index (χ3n) is 6.13. The number of halogens is 2. The van der Waals surface area contributed by atoms with Crippen molar-refractivity contribution in [3.8, 4) is 0 Å². The first kappa shape index (κ1) is 19.3. The van der Waals surface area contributed by atoms with Crippen LogP contribution in [-0.4, -0.2) is 44.7 Å². The Morgan fingerprint density at radius 1 is 1.37 bits per heavy atom. The smallest absolute Gasteiger partial charge is 0.274 e. The van der Waals surface area contributed by atoms with E-state index in [0.29, 0.717) is 10.7 Å². The molecule has 1 saturated carbocycles. The van der Waals surface area contributed by atoms with Crippen LogP contribution in [0.25, 0.3) is 0 Å². The standard InChI is InChI=1S/C20H17ClFN5O2S/c1-19(14-15-20(14,17(29)27(15)2)30-18(23)26-19)11-7-10(4-5-12(11)22)25-16(28)13-6-3-9(21)8-24-13/h3-8,14-15H,1-2H3,(H2,23,26)(H,25,28)/t14-,15?,19+,20+/m0/s1. The number of aliphatic imine (C=N–C) groups is 1. The molecule has 2 aromatic rings. The SMILES string of the molecule is CN1C(=O)[C@@]23SC(N)=N[C@](C)(c4cc(NC(=O)c5ccc(Cl)cn5)ccc4F)[C@@H]2C13. The number of benzene rings is 1. The summed E-state index contributed by atoms with van der Waals surface area (Å²) in [6, 6.07) is 7.32. The van der Waals surface area contributed by atoms with E-state index in [-0.39, 0.29) is 34.3 Å². The fourth-order valence-corrected chi connectivity index (χ4v) is 6.52. The third kappa shape index (κ3) is 2.45. The van der Waals surface area contributed by atoms with Crippen molar-refractivity contribution in [2.75, 3.05) is 12.4 Å². The number of nitrogens with two attached hydrogens (primary N) is 1. The average Bonchev–Trinajstić information content (AvgIpc) is 3.35. The molecule has 7 nitrogen and oxygen atoms in total. The Hall–Kier alpha value is -2.65. The molecule has 1 spiro atoms. The van der Waals surface area contributed by atoms with Gasteiger partial charge in [0.2, 0.25) is 5.91 Å². The van der Waals surface area contributed by atoms with Gasteiger partial charge in [-0.3, -0.25) is 14.6 Å². The number of nitrogens with zero attached hydrogens (tertiary/aromatic N) is 3. The van der Waals surface area contributed by atoms with Crippen LogP contribution < -0.4 is 11.1 Å². The van der Waals surface area contributed by atoms with Crippen LogP contribution in [0.5, 0.6) is 0 Å². The fourth-order valence-electron chi connectivity index (χ4n) is 4.76. The van der Waals surface area contributed by atoms with Crippen LogP contribution in [0.15, 0.2) is 41.5 Å². The number of nitrogens with one attached hydrogen (secondary N) is 1. The maximum atomic E-state index is 14.9. The Morgan fingerprint density at radius 2 is 2.13 bits per heavy atom. The second-order valence-corrected chi connectivity index (χ2v) is 9.58. The van der Waals surface area contributed by atoms with Gasteiger partial charge in [-0.2, -0.15) is 0 Å². The Kier molecular flexibility index (Phi) is 3.98. The number of anilines is 1. The molecule has 30 heavy (non-hydrogen) atoms. The zero-order chi connectivity index (χ0) is 21.4. The topological polar surface area (TPSA) is 101 Å². The fraction of sp³-hybridized carbons (Fsp3) is 0.300. The summed E-state index contributed by atoms with van der Waals surface area (Å²) in [6.07, 6.45) is 1.38. The van der Waals surface area contributed by atoms with Gasteiger partial charge in [0.1, 0.15) is 16.3 Å². The molecule has 3 N–H and O–H groups in total. The molecule has 2 fully saturated rings. The van der Waals surface area contributed by atoms with E-state index in [0.717, 1.165) is 0 Å². The predicted octanol–water partition coefficient (Wildman–Crippen LogP) is 2.61. The van der Waals surface area contributed by atoms with Crippen LogP contribution in [-0.2, 0) is 10.3 Å². The maximum absolute atomic E-state index is 14.9. The summed E-state index contributed by atoms with van der Waals surface area (Å²) in [6.45, 7) is 1.79. The van der Waals surface area contributed by atoms with Gasteiger partial charge in [-0.15, -0.1) is 0 Å². The Morgan fingerprint density at radius 3 is 2.83 bits per heavy atom. The minimum absolute atomic E-state index is 0.00902. The number of aromatic nitrogens is 1. The minimum atomic E-state index is -1.02. The van der Waals surface area contributed by atoms with Gasteiger partial charge in [0.05, 0.1) is 16.6 Å². The zero-order valence-corrected chi connectivity index (χ0v) is 17.6. The van der Waals surface area contributed by atoms with Crippen molar-refractivity contribution < 1.29 is 14.0 Å². The van der Waals surface area contributed by atoms with E-state index in [1.165, 1.54) is 36.2 Å². The van der Waals surface area contributed by atoms with E-state index in [4.69, 9.17) is 17.3 Å². The lowest BCUT2D eigenvalue weighted by Gasteiger charge is -2.35. The highest BCUT2D eigenvalue weighted by Gasteiger charge is 2.87. The molecule has 1 saturated heterocycles. The Bertz CT molecular complexity index is 1140. The van der Waals surface area contributed by atoms with Crippen LogP contribution in [0, 0.1) is 11.7 Å². The van der Waals surface area contributed by atoms with Crippen molar-refractivity contribution in [3.05, 3.63) is 58.6 Å². The molecular weight excluding hydrogens is 429 g/mol. The van der Waals surface area contributed by atoms with Crippen molar-refractivity contribution in [1.82, 2.24) is 9.88 Å². The number of hydrogen-bond acceptors (Lipinski definition) is 6. The summed E-state index contributed by atoms with van der Waals surface area (Å²) in [7, 11) is 1.74. The van der Waals surface area contributed by atoms with E-state index < -0.39 is 22.0 Å². The molecule has 4 atom stereocenters. The predicted molar refractivity (Wildman–Crippen MR) is 113 cm³/mol. The van der Waals surface area contributed by atoms with Gasteiger partial charge < -0.3 is 16.0 Å².